The summed E-state index contributed by atoms with van der Waals surface area (Å²) in [5.41, 5.74) is 3.17. The minimum absolute atomic E-state index is 0.0504. The van der Waals surface area contributed by atoms with E-state index >= 15 is 0 Å². The van der Waals surface area contributed by atoms with Crippen molar-refractivity contribution < 1.29 is 19.1 Å². The van der Waals surface area contributed by atoms with Gasteiger partial charge in [-0.15, -0.1) is 0 Å². The average molecular weight is 537 g/mol. The van der Waals surface area contributed by atoms with Crippen molar-refractivity contribution >= 4 is 40.4 Å². The van der Waals surface area contributed by atoms with Crippen molar-refractivity contribution in [3.8, 4) is 5.75 Å². The van der Waals surface area contributed by atoms with Crippen LogP contribution in [0.1, 0.15) is 43.5 Å². The van der Waals surface area contributed by atoms with Gasteiger partial charge in [-0.1, -0.05) is 6.58 Å². The molecule has 1 amide bonds. The van der Waals surface area contributed by atoms with Crippen LogP contribution in [0.25, 0.3) is 0 Å². The fourth-order valence-corrected chi connectivity index (χ4v) is 5.03. The molecule has 0 atom stereocenters. The number of carbonyl (C=O) groups excluding carboxylic acids is 2. The van der Waals surface area contributed by atoms with Crippen molar-refractivity contribution in [3.63, 3.8) is 0 Å². The molecule has 0 saturated heterocycles. The van der Waals surface area contributed by atoms with Gasteiger partial charge >= 0.3 is 5.97 Å². The minimum atomic E-state index is -0.407. The van der Waals surface area contributed by atoms with Gasteiger partial charge in [0.2, 0.25) is 5.91 Å². The number of esters is 1. The molecule has 1 heterocycles. The average Bonchev–Trinajstić information content (AvgIpc) is 2.83. The molecule has 3 saturated carbocycles. The third-order valence-electron chi connectivity index (χ3n) is 7.22. The third-order valence-corrected chi connectivity index (χ3v) is 7.22. The number of carbonyl (C=O) groups is 2. The second-order valence-corrected chi connectivity index (χ2v) is 11.1. The summed E-state index contributed by atoms with van der Waals surface area (Å²) >= 11 is 0. The van der Waals surface area contributed by atoms with Crippen LogP contribution in [0.15, 0.2) is 37.1 Å². The van der Waals surface area contributed by atoms with Crippen LogP contribution in [-0.4, -0.2) is 74.7 Å². The van der Waals surface area contributed by atoms with Crippen LogP contribution in [0.2, 0.25) is 0 Å². The molecule has 3 aliphatic rings. The van der Waals surface area contributed by atoms with Crippen molar-refractivity contribution in [1.82, 2.24) is 9.88 Å². The molecule has 2 aromatic rings. The number of nitrogens with one attached hydrogen (secondary N) is 3. The molecule has 3 fully saturated rings. The number of ether oxygens (including phenoxy) is 2. The van der Waals surface area contributed by atoms with Crippen LogP contribution < -0.4 is 25.6 Å². The highest BCUT2D eigenvalue weighted by atomic mass is 16.5. The Morgan fingerprint density at radius 3 is 2.41 bits per heavy atom. The van der Waals surface area contributed by atoms with E-state index in [1.165, 1.54) is 12.3 Å². The largest absolute Gasteiger partial charge is 0.494 e. The van der Waals surface area contributed by atoms with Gasteiger partial charge in [0.05, 0.1) is 36.0 Å². The van der Waals surface area contributed by atoms with Crippen LogP contribution in [0.5, 0.6) is 5.75 Å². The maximum Gasteiger partial charge on any atom is 0.342 e. The molecule has 10 nitrogen and oxygen atoms in total. The van der Waals surface area contributed by atoms with Crippen LogP contribution in [0.4, 0.5) is 28.6 Å². The van der Waals surface area contributed by atoms with Gasteiger partial charge in [-0.2, -0.15) is 0 Å². The summed E-state index contributed by atoms with van der Waals surface area (Å²) in [6.07, 6.45) is 5.87. The van der Waals surface area contributed by atoms with E-state index in [9.17, 15) is 9.59 Å². The predicted molar refractivity (Wildman–Crippen MR) is 155 cm³/mol. The number of nitrogens with zero attached hydrogens (tertiary/aromatic N) is 3. The molecule has 10 heteroatoms. The standard InChI is InChI=1S/C29H40N6O4/c1-8-27(36)32-22-11-23(25(38-7)13-24(22)35(6)10-9-34(4)5)31-26-12-21(33-29-14-19(15-29)16-29)20(17-30-26)28(37)39-18(2)3/h8,11-13,17-19H,1,9-10,14-16H2,2-7H3,(H,32,36)(H2,30,31,33). The lowest BCUT2D eigenvalue weighted by atomic mass is 9.50. The number of pyridine rings is 1. The number of likely N-dealkylation sites (N-methyl/N-ethyl adjacent to an activating group) is 2. The smallest absolute Gasteiger partial charge is 0.342 e. The Bertz CT molecular complexity index is 1230. The van der Waals surface area contributed by atoms with Gasteiger partial charge in [0, 0.05) is 44.0 Å². The zero-order valence-corrected chi connectivity index (χ0v) is 23.8. The first-order chi connectivity index (χ1) is 18.5. The van der Waals surface area contributed by atoms with E-state index in [0.717, 1.165) is 44.0 Å². The zero-order valence-electron chi connectivity index (χ0n) is 23.8. The molecule has 0 spiro atoms. The lowest BCUT2D eigenvalue weighted by molar-refractivity contribution is -0.111. The van der Waals surface area contributed by atoms with Crippen molar-refractivity contribution in [2.75, 3.05) is 62.2 Å². The Morgan fingerprint density at radius 1 is 1.13 bits per heavy atom. The number of amides is 1. The summed E-state index contributed by atoms with van der Waals surface area (Å²) in [5.74, 6) is 1.17. The molecule has 3 N–H and O–H groups in total. The van der Waals surface area contributed by atoms with Gasteiger partial charge < -0.3 is 35.2 Å². The van der Waals surface area contributed by atoms with Gasteiger partial charge in [0.15, 0.2) is 0 Å². The van der Waals surface area contributed by atoms with Gasteiger partial charge in [-0.3, -0.25) is 4.79 Å². The second-order valence-electron chi connectivity index (χ2n) is 11.1. The Hall–Kier alpha value is -3.79. The molecule has 39 heavy (non-hydrogen) atoms. The summed E-state index contributed by atoms with van der Waals surface area (Å²) < 4.78 is 11.2. The van der Waals surface area contributed by atoms with E-state index in [1.54, 1.807) is 7.11 Å². The molecule has 3 aliphatic carbocycles. The molecule has 0 aliphatic heterocycles. The summed E-state index contributed by atoms with van der Waals surface area (Å²) in [4.78, 5) is 33.8. The summed E-state index contributed by atoms with van der Waals surface area (Å²) in [5, 5.41) is 9.83. The van der Waals surface area contributed by atoms with Crippen molar-refractivity contribution in [2.24, 2.45) is 5.92 Å². The summed E-state index contributed by atoms with van der Waals surface area (Å²) in [6.45, 7) is 8.81. The number of benzene rings is 1. The number of anilines is 5. The highest BCUT2D eigenvalue weighted by Crippen LogP contribution is 2.58. The molecule has 1 aromatic heterocycles. The monoisotopic (exact) mass is 536 g/mol. The minimum Gasteiger partial charge on any atom is -0.494 e. The zero-order chi connectivity index (χ0) is 28.3. The fourth-order valence-electron chi connectivity index (χ4n) is 5.03. The van der Waals surface area contributed by atoms with E-state index in [4.69, 9.17) is 9.47 Å². The third kappa shape index (κ3) is 6.44. The first-order valence-corrected chi connectivity index (χ1v) is 13.3. The maximum absolute atomic E-state index is 12.8. The van der Waals surface area contributed by atoms with Crippen molar-refractivity contribution in [1.29, 1.82) is 0 Å². The number of methoxy groups -OCH3 is 1. The highest BCUT2D eigenvalue weighted by molar-refractivity contribution is 6.02. The van der Waals surface area contributed by atoms with E-state index in [1.807, 2.05) is 53.2 Å². The Kier molecular flexibility index (Phi) is 8.34. The number of rotatable bonds is 13. The Morgan fingerprint density at radius 2 is 1.85 bits per heavy atom. The van der Waals surface area contributed by atoms with E-state index in [2.05, 4.69) is 37.3 Å². The van der Waals surface area contributed by atoms with Crippen LogP contribution in [-0.2, 0) is 9.53 Å². The van der Waals surface area contributed by atoms with Crippen LogP contribution in [0, 0.1) is 5.92 Å². The fraction of sp³-hybridized carbons (Fsp3) is 0.483. The number of hydrogen-bond acceptors (Lipinski definition) is 9. The molecular weight excluding hydrogens is 496 g/mol. The quantitative estimate of drug-likeness (QED) is 0.252. The van der Waals surface area contributed by atoms with Crippen LogP contribution >= 0.6 is 0 Å². The number of hydrogen-bond donors (Lipinski definition) is 3. The summed E-state index contributed by atoms with van der Waals surface area (Å²) in [6, 6.07) is 5.53. The Balaban J connectivity index is 1.67. The topological polar surface area (TPSA) is 108 Å². The lowest BCUT2D eigenvalue weighted by Gasteiger charge is -2.62. The number of aromatic nitrogens is 1. The maximum atomic E-state index is 12.8. The van der Waals surface area contributed by atoms with Gasteiger partial charge in [-0.05, 0) is 65.3 Å². The molecule has 2 bridgehead atoms. The van der Waals surface area contributed by atoms with Crippen molar-refractivity contribution in [2.45, 2.75) is 44.8 Å². The van der Waals surface area contributed by atoms with Crippen molar-refractivity contribution in [3.05, 3.63) is 42.6 Å². The molecular formula is C29H40N6O4. The Labute approximate surface area is 230 Å². The first kappa shape index (κ1) is 28.2. The van der Waals surface area contributed by atoms with Gasteiger partial charge in [0.1, 0.15) is 17.1 Å². The van der Waals surface area contributed by atoms with E-state index in [-0.39, 0.29) is 17.6 Å². The highest BCUT2D eigenvalue weighted by Gasteiger charge is 2.56. The SMILES string of the molecule is C=CC(=O)Nc1cc(Nc2cc(NC34CC(C3)C4)c(C(=O)OC(C)C)cn2)c(OC)cc1N(C)CCN(C)C. The predicted octanol–water partition coefficient (Wildman–Crippen LogP) is 4.49. The molecule has 0 radical (unpaired) electrons. The molecule has 5 rings (SSSR count). The van der Waals surface area contributed by atoms with Gasteiger partial charge in [0.25, 0.3) is 0 Å². The molecule has 0 unspecified atom stereocenters. The van der Waals surface area contributed by atoms with E-state index in [0.29, 0.717) is 34.2 Å². The molecule has 210 valence electrons. The lowest BCUT2D eigenvalue weighted by Crippen LogP contribution is -2.63. The summed E-state index contributed by atoms with van der Waals surface area (Å²) in [7, 11) is 7.59. The molecule has 1 aromatic carbocycles. The first-order valence-electron chi connectivity index (χ1n) is 13.3. The van der Waals surface area contributed by atoms with Crippen LogP contribution in [0.3, 0.4) is 0 Å². The van der Waals surface area contributed by atoms with E-state index < -0.39 is 5.97 Å². The second kappa shape index (κ2) is 11.5. The van der Waals surface area contributed by atoms with Gasteiger partial charge in [-0.25, -0.2) is 9.78 Å². The normalized spacial score (nSPS) is 19.0.